The fraction of sp³-hybridized carbons (Fsp3) is 0.533. The molecule has 1 aliphatic rings. The minimum absolute atomic E-state index is 0.0737. The molecule has 104 valence electrons. The normalized spacial score (nSPS) is 18.4. The molecule has 1 fully saturated rings. The van der Waals surface area contributed by atoms with Crippen LogP contribution in [-0.4, -0.2) is 48.2 Å². The SMILES string of the molecule is CNCC1(O)CCN(C(=O)c2ccccc2C)CC1. The highest BCUT2D eigenvalue weighted by molar-refractivity contribution is 5.95. The lowest BCUT2D eigenvalue weighted by Gasteiger charge is -2.38. The summed E-state index contributed by atoms with van der Waals surface area (Å²) in [6.07, 6.45) is 1.26. The quantitative estimate of drug-likeness (QED) is 0.860. The molecule has 0 bridgehead atoms. The van der Waals surface area contributed by atoms with Gasteiger partial charge in [-0.05, 0) is 38.4 Å². The number of aliphatic hydroxyl groups is 1. The van der Waals surface area contributed by atoms with Crippen LogP contribution in [0.1, 0.15) is 28.8 Å². The van der Waals surface area contributed by atoms with E-state index in [4.69, 9.17) is 0 Å². The van der Waals surface area contributed by atoms with E-state index in [1.807, 2.05) is 43.1 Å². The summed E-state index contributed by atoms with van der Waals surface area (Å²) >= 11 is 0. The number of nitrogens with zero attached hydrogens (tertiary/aromatic N) is 1. The van der Waals surface area contributed by atoms with Gasteiger partial charge in [0, 0.05) is 25.2 Å². The number of likely N-dealkylation sites (tertiary alicyclic amines) is 1. The number of hydrogen-bond donors (Lipinski definition) is 2. The summed E-state index contributed by atoms with van der Waals surface area (Å²) in [7, 11) is 1.84. The van der Waals surface area contributed by atoms with Crippen molar-refractivity contribution in [1.82, 2.24) is 10.2 Å². The smallest absolute Gasteiger partial charge is 0.254 e. The van der Waals surface area contributed by atoms with Gasteiger partial charge in [0.25, 0.3) is 5.91 Å². The Balaban J connectivity index is 2.02. The standard InChI is InChI=1S/C15H22N2O2/c1-12-5-3-4-6-13(12)14(18)17-9-7-15(19,8-10-17)11-16-2/h3-6,16,19H,7-11H2,1-2H3. The number of nitrogens with one attached hydrogen (secondary N) is 1. The molecule has 4 nitrogen and oxygen atoms in total. The van der Waals surface area contributed by atoms with Crippen LogP contribution in [0.25, 0.3) is 0 Å². The highest BCUT2D eigenvalue weighted by Crippen LogP contribution is 2.23. The first-order valence-electron chi connectivity index (χ1n) is 6.78. The minimum Gasteiger partial charge on any atom is -0.388 e. The van der Waals surface area contributed by atoms with E-state index >= 15 is 0 Å². The molecule has 1 aromatic rings. The van der Waals surface area contributed by atoms with Crippen molar-refractivity contribution in [3.8, 4) is 0 Å². The summed E-state index contributed by atoms with van der Waals surface area (Å²) in [5.74, 6) is 0.0737. The Kier molecular flexibility index (Phi) is 4.22. The Labute approximate surface area is 114 Å². The number of likely N-dealkylation sites (N-methyl/N-ethyl adjacent to an activating group) is 1. The van der Waals surface area contributed by atoms with Gasteiger partial charge in [-0.3, -0.25) is 4.79 Å². The van der Waals surface area contributed by atoms with Crippen LogP contribution in [0.5, 0.6) is 0 Å². The first kappa shape index (κ1) is 14.0. The zero-order chi connectivity index (χ0) is 13.9. The number of hydrogen-bond acceptors (Lipinski definition) is 3. The topological polar surface area (TPSA) is 52.6 Å². The van der Waals surface area contributed by atoms with Crippen LogP contribution in [0, 0.1) is 6.92 Å². The van der Waals surface area contributed by atoms with Gasteiger partial charge in [-0.2, -0.15) is 0 Å². The van der Waals surface area contributed by atoms with Gasteiger partial charge in [0.2, 0.25) is 0 Å². The van der Waals surface area contributed by atoms with Gasteiger partial charge in [0.15, 0.2) is 0 Å². The van der Waals surface area contributed by atoms with E-state index in [-0.39, 0.29) is 5.91 Å². The second-order valence-electron chi connectivity index (χ2n) is 5.36. The van der Waals surface area contributed by atoms with Gasteiger partial charge < -0.3 is 15.3 Å². The molecule has 0 saturated carbocycles. The Morgan fingerprint density at radius 2 is 2.00 bits per heavy atom. The zero-order valence-corrected chi connectivity index (χ0v) is 11.6. The molecule has 1 saturated heterocycles. The molecule has 1 heterocycles. The van der Waals surface area contributed by atoms with E-state index in [0.29, 0.717) is 32.5 Å². The molecule has 1 aliphatic heterocycles. The summed E-state index contributed by atoms with van der Waals surface area (Å²) in [4.78, 5) is 14.3. The average Bonchev–Trinajstić information content (AvgIpc) is 2.39. The third-order valence-electron chi connectivity index (χ3n) is 3.86. The first-order valence-corrected chi connectivity index (χ1v) is 6.78. The van der Waals surface area contributed by atoms with E-state index in [1.54, 1.807) is 0 Å². The minimum atomic E-state index is -0.669. The number of carbonyl (C=O) groups excluding carboxylic acids is 1. The number of piperidine rings is 1. The summed E-state index contributed by atoms with van der Waals surface area (Å²) in [5, 5.41) is 13.3. The Bertz CT molecular complexity index is 451. The first-order chi connectivity index (χ1) is 9.06. The van der Waals surface area contributed by atoms with Crippen LogP contribution < -0.4 is 5.32 Å². The molecular weight excluding hydrogens is 240 g/mol. The number of aryl methyl sites for hydroxylation is 1. The van der Waals surface area contributed by atoms with Gasteiger partial charge in [-0.25, -0.2) is 0 Å². The van der Waals surface area contributed by atoms with Crippen LogP contribution in [0.15, 0.2) is 24.3 Å². The maximum absolute atomic E-state index is 12.4. The van der Waals surface area contributed by atoms with E-state index in [1.165, 1.54) is 0 Å². The number of benzene rings is 1. The van der Waals surface area contributed by atoms with Crippen molar-refractivity contribution >= 4 is 5.91 Å². The van der Waals surface area contributed by atoms with Gasteiger partial charge in [-0.15, -0.1) is 0 Å². The van der Waals surface area contributed by atoms with E-state index < -0.39 is 5.60 Å². The average molecular weight is 262 g/mol. The zero-order valence-electron chi connectivity index (χ0n) is 11.6. The second kappa shape index (κ2) is 5.72. The molecule has 19 heavy (non-hydrogen) atoms. The molecule has 4 heteroatoms. The van der Waals surface area contributed by atoms with Crippen LogP contribution in [0.4, 0.5) is 0 Å². The van der Waals surface area contributed by atoms with E-state index in [2.05, 4.69) is 5.32 Å². The maximum Gasteiger partial charge on any atom is 0.254 e. The summed E-state index contributed by atoms with van der Waals surface area (Å²) in [6, 6.07) is 7.65. The van der Waals surface area contributed by atoms with Crippen molar-refractivity contribution in [1.29, 1.82) is 0 Å². The monoisotopic (exact) mass is 262 g/mol. The Morgan fingerprint density at radius 1 is 1.37 bits per heavy atom. The highest BCUT2D eigenvalue weighted by Gasteiger charge is 2.33. The van der Waals surface area contributed by atoms with Crippen molar-refractivity contribution in [2.45, 2.75) is 25.4 Å². The van der Waals surface area contributed by atoms with Crippen LogP contribution in [-0.2, 0) is 0 Å². The second-order valence-corrected chi connectivity index (χ2v) is 5.36. The summed E-state index contributed by atoms with van der Waals surface area (Å²) in [5.41, 5.74) is 1.10. The highest BCUT2D eigenvalue weighted by atomic mass is 16.3. The van der Waals surface area contributed by atoms with Crippen molar-refractivity contribution < 1.29 is 9.90 Å². The largest absolute Gasteiger partial charge is 0.388 e. The molecule has 1 amide bonds. The Hall–Kier alpha value is -1.39. The van der Waals surface area contributed by atoms with Crippen molar-refractivity contribution in [2.75, 3.05) is 26.7 Å². The summed E-state index contributed by atoms with van der Waals surface area (Å²) < 4.78 is 0. The molecule has 2 N–H and O–H groups in total. The summed E-state index contributed by atoms with van der Waals surface area (Å²) in [6.45, 7) is 3.77. The third kappa shape index (κ3) is 3.14. The van der Waals surface area contributed by atoms with E-state index in [9.17, 15) is 9.90 Å². The Morgan fingerprint density at radius 3 is 2.58 bits per heavy atom. The van der Waals surface area contributed by atoms with Crippen molar-refractivity contribution in [3.63, 3.8) is 0 Å². The molecule has 0 aliphatic carbocycles. The number of carbonyl (C=O) groups is 1. The predicted molar refractivity (Wildman–Crippen MR) is 75.2 cm³/mol. The van der Waals surface area contributed by atoms with E-state index in [0.717, 1.165) is 11.1 Å². The molecule has 0 atom stereocenters. The molecule has 0 aromatic heterocycles. The molecule has 0 spiro atoms. The van der Waals surface area contributed by atoms with Crippen LogP contribution >= 0.6 is 0 Å². The van der Waals surface area contributed by atoms with Gasteiger partial charge in [-0.1, -0.05) is 18.2 Å². The van der Waals surface area contributed by atoms with Crippen LogP contribution in [0.3, 0.4) is 0 Å². The van der Waals surface area contributed by atoms with Crippen molar-refractivity contribution in [3.05, 3.63) is 35.4 Å². The number of rotatable bonds is 3. The third-order valence-corrected chi connectivity index (χ3v) is 3.86. The number of amides is 1. The lowest BCUT2D eigenvalue weighted by molar-refractivity contribution is -0.0143. The molecule has 0 unspecified atom stereocenters. The van der Waals surface area contributed by atoms with Crippen LogP contribution in [0.2, 0.25) is 0 Å². The molecule has 2 rings (SSSR count). The molecule has 1 aromatic carbocycles. The maximum atomic E-state index is 12.4. The predicted octanol–water partition coefficient (Wildman–Crippen LogP) is 1.18. The van der Waals surface area contributed by atoms with Gasteiger partial charge in [0.1, 0.15) is 0 Å². The molecular formula is C15H22N2O2. The fourth-order valence-electron chi connectivity index (χ4n) is 2.62. The fourth-order valence-corrected chi connectivity index (χ4v) is 2.62. The lowest BCUT2D eigenvalue weighted by atomic mass is 9.91. The molecule has 0 radical (unpaired) electrons. The lowest BCUT2D eigenvalue weighted by Crippen LogP contribution is -2.50. The van der Waals surface area contributed by atoms with Gasteiger partial charge in [0.05, 0.1) is 5.60 Å². The van der Waals surface area contributed by atoms with Crippen molar-refractivity contribution in [2.24, 2.45) is 0 Å². The van der Waals surface area contributed by atoms with Gasteiger partial charge >= 0.3 is 0 Å².